The van der Waals surface area contributed by atoms with Crippen molar-refractivity contribution in [3.05, 3.63) is 42.0 Å². The Balaban J connectivity index is 2.19. The van der Waals surface area contributed by atoms with Crippen LogP contribution in [0.4, 0.5) is 0 Å². The number of hydrogen-bond acceptors (Lipinski definition) is 4. The first-order valence-corrected chi connectivity index (χ1v) is 6.78. The lowest BCUT2D eigenvalue weighted by Gasteiger charge is -2.21. The van der Waals surface area contributed by atoms with Gasteiger partial charge in [0, 0.05) is 11.6 Å². The fraction of sp³-hybridized carbons (Fsp3) is 0.235. The minimum atomic E-state index is -0.176. The highest BCUT2D eigenvalue weighted by Gasteiger charge is 2.22. The van der Waals surface area contributed by atoms with Crippen molar-refractivity contribution >= 4 is 11.1 Å². The molecule has 0 fully saturated rings. The highest BCUT2D eigenvalue weighted by molar-refractivity contribution is 5.79. The highest BCUT2D eigenvalue weighted by Crippen LogP contribution is 2.38. The standard InChI is InChI=1S/C17H17NO3/c1-17(2,3)12-6-4-5-11(15(12)20)16-18-13-8-7-10(19)9-14(13)21-16/h4-9,19-20H,1-3H3. The molecule has 0 radical (unpaired) electrons. The number of aromatic nitrogens is 1. The van der Waals surface area contributed by atoms with Gasteiger partial charge < -0.3 is 14.6 Å². The van der Waals surface area contributed by atoms with Gasteiger partial charge in [-0.2, -0.15) is 0 Å². The smallest absolute Gasteiger partial charge is 0.231 e. The summed E-state index contributed by atoms with van der Waals surface area (Å²) in [6.45, 7) is 6.11. The molecule has 1 aromatic heterocycles. The molecule has 21 heavy (non-hydrogen) atoms. The van der Waals surface area contributed by atoms with Gasteiger partial charge in [-0.3, -0.25) is 0 Å². The second-order valence-electron chi connectivity index (χ2n) is 6.12. The van der Waals surface area contributed by atoms with E-state index in [0.717, 1.165) is 5.56 Å². The monoisotopic (exact) mass is 283 g/mol. The Hall–Kier alpha value is -2.49. The molecule has 0 saturated heterocycles. The molecule has 3 aromatic rings. The molecule has 1 heterocycles. The Morgan fingerprint density at radius 3 is 2.52 bits per heavy atom. The molecule has 2 N–H and O–H groups in total. The van der Waals surface area contributed by atoms with Crippen molar-refractivity contribution in [3.63, 3.8) is 0 Å². The van der Waals surface area contributed by atoms with E-state index in [1.165, 1.54) is 6.07 Å². The molecule has 0 spiro atoms. The average molecular weight is 283 g/mol. The third-order valence-corrected chi connectivity index (χ3v) is 3.45. The normalized spacial score (nSPS) is 12.0. The average Bonchev–Trinajstić information content (AvgIpc) is 2.80. The van der Waals surface area contributed by atoms with Gasteiger partial charge in [0.05, 0.1) is 5.56 Å². The topological polar surface area (TPSA) is 66.5 Å². The van der Waals surface area contributed by atoms with Crippen molar-refractivity contribution < 1.29 is 14.6 Å². The third kappa shape index (κ3) is 2.33. The van der Waals surface area contributed by atoms with Crippen LogP contribution in [-0.4, -0.2) is 15.2 Å². The Kier molecular flexibility index (Phi) is 2.90. The number of para-hydroxylation sites is 1. The molecule has 0 aliphatic heterocycles. The van der Waals surface area contributed by atoms with E-state index in [-0.39, 0.29) is 16.9 Å². The predicted molar refractivity (Wildman–Crippen MR) is 81.5 cm³/mol. The molecular weight excluding hydrogens is 266 g/mol. The van der Waals surface area contributed by atoms with Crippen LogP contribution in [0.2, 0.25) is 0 Å². The lowest BCUT2D eigenvalue weighted by molar-refractivity contribution is 0.446. The largest absolute Gasteiger partial charge is 0.508 e. The first-order valence-electron chi connectivity index (χ1n) is 6.78. The van der Waals surface area contributed by atoms with Gasteiger partial charge in [-0.25, -0.2) is 4.98 Å². The molecular formula is C17H17NO3. The summed E-state index contributed by atoms with van der Waals surface area (Å²) in [6, 6.07) is 10.3. The molecule has 0 amide bonds. The summed E-state index contributed by atoms with van der Waals surface area (Å²) in [6.07, 6.45) is 0. The van der Waals surface area contributed by atoms with Crippen molar-refractivity contribution in [3.8, 4) is 23.0 Å². The summed E-state index contributed by atoms with van der Waals surface area (Å²) in [4.78, 5) is 4.37. The van der Waals surface area contributed by atoms with Gasteiger partial charge in [0.1, 0.15) is 17.0 Å². The fourth-order valence-electron chi connectivity index (χ4n) is 2.35. The minimum absolute atomic E-state index is 0.123. The molecule has 0 bridgehead atoms. The van der Waals surface area contributed by atoms with Crippen LogP contribution in [-0.2, 0) is 5.41 Å². The maximum absolute atomic E-state index is 10.5. The van der Waals surface area contributed by atoms with Crippen molar-refractivity contribution in [1.82, 2.24) is 4.98 Å². The van der Waals surface area contributed by atoms with E-state index in [0.29, 0.717) is 22.6 Å². The number of aromatic hydroxyl groups is 2. The summed E-state index contributed by atoms with van der Waals surface area (Å²) < 4.78 is 5.65. The zero-order chi connectivity index (χ0) is 15.2. The number of benzene rings is 2. The van der Waals surface area contributed by atoms with Gasteiger partial charge in [-0.05, 0) is 23.6 Å². The lowest BCUT2D eigenvalue weighted by Crippen LogP contribution is -2.11. The number of rotatable bonds is 1. The van der Waals surface area contributed by atoms with Crippen LogP contribution in [0, 0.1) is 0 Å². The summed E-state index contributed by atoms with van der Waals surface area (Å²) in [7, 11) is 0. The van der Waals surface area contributed by atoms with E-state index in [4.69, 9.17) is 4.42 Å². The molecule has 0 unspecified atom stereocenters. The molecule has 4 nitrogen and oxygen atoms in total. The van der Waals surface area contributed by atoms with Gasteiger partial charge in [-0.15, -0.1) is 0 Å². The van der Waals surface area contributed by atoms with E-state index >= 15 is 0 Å². The van der Waals surface area contributed by atoms with Crippen LogP contribution in [0.5, 0.6) is 11.5 Å². The minimum Gasteiger partial charge on any atom is -0.508 e. The molecule has 0 saturated carbocycles. The molecule has 0 atom stereocenters. The van der Waals surface area contributed by atoms with Crippen LogP contribution in [0.15, 0.2) is 40.8 Å². The zero-order valence-electron chi connectivity index (χ0n) is 12.2. The van der Waals surface area contributed by atoms with Crippen molar-refractivity contribution in [2.45, 2.75) is 26.2 Å². The quantitative estimate of drug-likeness (QED) is 0.702. The first kappa shape index (κ1) is 13.5. The lowest BCUT2D eigenvalue weighted by atomic mass is 9.85. The second-order valence-corrected chi connectivity index (χ2v) is 6.12. The van der Waals surface area contributed by atoms with Gasteiger partial charge in [0.15, 0.2) is 5.58 Å². The predicted octanol–water partition coefficient (Wildman–Crippen LogP) is 4.20. The third-order valence-electron chi connectivity index (χ3n) is 3.45. The zero-order valence-corrected chi connectivity index (χ0v) is 12.2. The number of phenolic OH excluding ortho intramolecular Hbond substituents is 2. The maximum atomic E-state index is 10.5. The van der Waals surface area contributed by atoms with Crippen molar-refractivity contribution in [2.75, 3.05) is 0 Å². The van der Waals surface area contributed by atoms with E-state index < -0.39 is 0 Å². The Morgan fingerprint density at radius 2 is 1.81 bits per heavy atom. The Bertz CT molecular complexity index is 813. The van der Waals surface area contributed by atoms with Crippen molar-refractivity contribution in [1.29, 1.82) is 0 Å². The second kappa shape index (κ2) is 4.52. The number of fused-ring (bicyclic) bond motifs is 1. The van der Waals surface area contributed by atoms with Crippen molar-refractivity contribution in [2.24, 2.45) is 0 Å². The molecule has 4 heteroatoms. The van der Waals surface area contributed by atoms with Gasteiger partial charge in [0.2, 0.25) is 5.89 Å². The first-order chi connectivity index (χ1) is 9.86. The van der Waals surface area contributed by atoms with Crippen LogP contribution in [0.25, 0.3) is 22.6 Å². The Morgan fingerprint density at radius 1 is 1.05 bits per heavy atom. The number of phenols is 2. The summed E-state index contributed by atoms with van der Waals surface area (Å²) >= 11 is 0. The molecule has 0 aliphatic carbocycles. The molecule has 108 valence electrons. The van der Waals surface area contributed by atoms with Gasteiger partial charge in [0.25, 0.3) is 0 Å². The van der Waals surface area contributed by atoms with E-state index in [9.17, 15) is 10.2 Å². The highest BCUT2D eigenvalue weighted by atomic mass is 16.4. The van der Waals surface area contributed by atoms with Gasteiger partial charge >= 0.3 is 0 Å². The fourth-order valence-corrected chi connectivity index (χ4v) is 2.35. The number of hydrogen-bond donors (Lipinski definition) is 2. The molecule has 2 aromatic carbocycles. The maximum Gasteiger partial charge on any atom is 0.231 e. The van der Waals surface area contributed by atoms with E-state index in [1.54, 1.807) is 18.2 Å². The molecule has 0 aliphatic rings. The van der Waals surface area contributed by atoms with E-state index in [2.05, 4.69) is 4.98 Å². The van der Waals surface area contributed by atoms with E-state index in [1.807, 2.05) is 32.9 Å². The van der Waals surface area contributed by atoms with Crippen LogP contribution < -0.4 is 0 Å². The summed E-state index contributed by atoms with van der Waals surface area (Å²) in [5, 5.41) is 20.0. The van der Waals surface area contributed by atoms with Crippen LogP contribution in [0.3, 0.4) is 0 Å². The Labute approximate surface area is 122 Å². The summed E-state index contributed by atoms with van der Waals surface area (Å²) in [5.74, 6) is 0.651. The summed E-state index contributed by atoms with van der Waals surface area (Å²) in [5.41, 5.74) is 2.35. The van der Waals surface area contributed by atoms with Gasteiger partial charge in [-0.1, -0.05) is 32.9 Å². The number of oxazole rings is 1. The number of nitrogens with zero attached hydrogens (tertiary/aromatic N) is 1. The molecule has 3 rings (SSSR count). The SMILES string of the molecule is CC(C)(C)c1cccc(-c2nc3ccc(O)cc3o2)c1O. The van der Waals surface area contributed by atoms with Crippen LogP contribution >= 0.6 is 0 Å². The van der Waals surface area contributed by atoms with Crippen LogP contribution in [0.1, 0.15) is 26.3 Å².